The van der Waals surface area contributed by atoms with Crippen LogP contribution < -0.4 is 5.73 Å². The van der Waals surface area contributed by atoms with Crippen LogP contribution in [0.5, 0.6) is 0 Å². The highest BCUT2D eigenvalue weighted by Crippen LogP contribution is 2.33. The van der Waals surface area contributed by atoms with Crippen LogP contribution in [0.4, 0.5) is 4.39 Å². The van der Waals surface area contributed by atoms with Gasteiger partial charge in [0.1, 0.15) is 5.82 Å². The first-order valence-corrected chi connectivity index (χ1v) is 6.49. The van der Waals surface area contributed by atoms with Crippen LogP contribution in [0.15, 0.2) is 41.7 Å². The highest BCUT2D eigenvalue weighted by molar-refractivity contribution is 7.99. The lowest BCUT2D eigenvalue weighted by molar-refractivity contribution is 0.607. The van der Waals surface area contributed by atoms with Gasteiger partial charge in [0, 0.05) is 24.0 Å². The van der Waals surface area contributed by atoms with Gasteiger partial charge in [-0.3, -0.25) is 0 Å². The summed E-state index contributed by atoms with van der Waals surface area (Å²) in [5.41, 5.74) is 7.20. The summed E-state index contributed by atoms with van der Waals surface area (Å²) >= 11 is 1.38. The topological polar surface area (TPSA) is 51.8 Å². The number of halogens is 1. The van der Waals surface area contributed by atoms with Gasteiger partial charge >= 0.3 is 0 Å². The van der Waals surface area contributed by atoms with Crippen LogP contribution in [0, 0.1) is 12.7 Å². The lowest BCUT2D eigenvalue weighted by Gasteiger charge is -2.14. The van der Waals surface area contributed by atoms with Crippen molar-refractivity contribution in [3.8, 4) is 0 Å². The first-order chi connectivity index (χ1) is 8.70. The molecule has 94 valence electrons. The van der Waals surface area contributed by atoms with Crippen molar-refractivity contribution >= 4 is 11.8 Å². The first kappa shape index (κ1) is 13.0. The molecule has 1 unspecified atom stereocenters. The second-order valence-electron chi connectivity index (χ2n) is 3.84. The van der Waals surface area contributed by atoms with E-state index in [1.165, 1.54) is 17.8 Å². The van der Waals surface area contributed by atoms with E-state index in [0.29, 0.717) is 17.3 Å². The van der Waals surface area contributed by atoms with Gasteiger partial charge in [-0.05, 0) is 19.1 Å². The summed E-state index contributed by atoms with van der Waals surface area (Å²) in [7, 11) is 0. The van der Waals surface area contributed by atoms with E-state index in [-0.39, 0.29) is 11.1 Å². The minimum Gasteiger partial charge on any atom is -0.329 e. The number of nitrogens with two attached hydrogens (primary N) is 1. The minimum absolute atomic E-state index is 0.173. The fourth-order valence-electron chi connectivity index (χ4n) is 1.58. The van der Waals surface area contributed by atoms with Gasteiger partial charge in [0.2, 0.25) is 0 Å². The van der Waals surface area contributed by atoms with Crippen molar-refractivity contribution < 1.29 is 4.39 Å². The molecule has 1 atom stereocenters. The number of aryl methyl sites for hydroxylation is 1. The number of aromatic nitrogens is 2. The maximum Gasteiger partial charge on any atom is 0.188 e. The maximum absolute atomic E-state index is 13.7. The Morgan fingerprint density at radius 3 is 2.78 bits per heavy atom. The van der Waals surface area contributed by atoms with E-state index >= 15 is 0 Å². The van der Waals surface area contributed by atoms with Gasteiger partial charge in [0.25, 0.3) is 0 Å². The molecule has 0 radical (unpaired) electrons. The number of benzene rings is 1. The Morgan fingerprint density at radius 1 is 1.33 bits per heavy atom. The molecule has 5 heteroatoms. The van der Waals surface area contributed by atoms with E-state index in [1.54, 1.807) is 24.4 Å². The monoisotopic (exact) mass is 263 g/mol. The van der Waals surface area contributed by atoms with Crippen molar-refractivity contribution in [3.63, 3.8) is 0 Å². The van der Waals surface area contributed by atoms with Crippen LogP contribution in [0.3, 0.4) is 0 Å². The van der Waals surface area contributed by atoms with Crippen molar-refractivity contribution in [1.29, 1.82) is 0 Å². The van der Waals surface area contributed by atoms with Crippen molar-refractivity contribution in [2.75, 3.05) is 6.54 Å². The third-order valence-electron chi connectivity index (χ3n) is 2.49. The second kappa shape index (κ2) is 5.93. The molecule has 2 rings (SSSR count). The normalized spacial score (nSPS) is 12.4. The minimum atomic E-state index is -0.242. The Balaban J connectivity index is 2.23. The van der Waals surface area contributed by atoms with E-state index in [9.17, 15) is 4.39 Å². The molecule has 1 heterocycles. The molecule has 1 aromatic heterocycles. The van der Waals surface area contributed by atoms with Crippen LogP contribution in [0.2, 0.25) is 0 Å². The van der Waals surface area contributed by atoms with Crippen LogP contribution in [-0.4, -0.2) is 16.5 Å². The highest BCUT2D eigenvalue weighted by Gasteiger charge is 2.16. The zero-order valence-corrected chi connectivity index (χ0v) is 10.8. The van der Waals surface area contributed by atoms with E-state index in [2.05, 4.69) is 9.97 Å². The molecule has 0 fully saturated rings. The smallest absolute Gasteiger partial charge is 0.188 e. The lowest BCUT2D eigenvalue weighted by atomic mass is 10.1. The zero-order chi connectivity index (χ0) is 13.0. The van der Waals surface area contributed by atoms with Gasteiger partial charge in [-0.25, -0.2) is 14.4 Å². The second-order valence-corrected chi connectivity index (χ2v) is 5.01. The molecule has 18 heavy (non-hydrogen) atoms. The zero-order valence-electron chi connectivity index (χ0n) is 10.0. The van der Waals surface area contributed by atoms with E-state index < -0.39 is 0 Å². The third-order valence-corrected chi connectivity index (χ3v) is 3.62. The Hall–Kier alpha value is -1.46. The molecule has 2 aromatic rings. The Labute approximate surface area is 110 Å². The van der Waals surface area contributed by atoms with E-state index in [4.69, 9.17) is 5.73 Å². The molecule has 1 aromatic carbocycles. The summed E-state index contributed by atoms with van der Waals surface area (Å²) < 4.78 is 13.7. The largest absolute Gasteiger partial charge is 0.329 e. The van der Waals surface area contributed by atoms with Crippen molar-refractivity contribution in [2.24, 2.45) is 5.73 Å². The molecule has 0 saturated heterocycles. The standard InChI is InChI=1S/C13H14FN3S/c1-9-6-7-16-13(17-9)18-12(8-15)10-4-2-3-5-11(10)14/h2-7,12H,8,15H2,1H3. The van der Waals surface area contributed by atoms with Crippen LogP contribution in [0.1, 0.15) is 16.5 Å². The lowest BCUT2D eigenvalue weighted by Crippen LogP contribution is -2.11. The van der Waals surface area contributed by atoms with Crippen LogP contribution in [0.25, 0.3) is 0 Å². The molecule has 0 aliphatic heterocycles. The fraction of sp³-hybridized carbons (Fsp3) is 0.231. The van der Waals surface area contributed by atoms with Gasteiger partial charge < -0.3 is 5.73 Å². The molecular weight excluding hydrogens is 249 g/mol. The third kappa shape index (κ3) is 3.05. The van der Waals surface area contributed by atoms with Gasteiger partial charge in [-0.15, -0.1) is 0 Å². The maximum atomic E-state index is 13.7. The Morgan fingerprint density at radius 2 is 2.11 bits per heavy atom. The van der Waals surface area contributed by atoms with E-state index in [0.717, 1.165) is 5.69 Å². The highest BCUT2D eigenvalue weighted by atomic mass is 32.2. The predicted octanol–water partition coefficient (Wildman–Crippen LogP) is 2.72. The first-order valence-electron chi connectivity index (χ1n) is 5.61. The Kier molecular flexibility index (Phi) is 4.28. The number of hydrogen-bond acceptors (Lipinski definition) is 4. The number of thioether (sulfide) groups is 1. The summed E-state index contributed by atoms with van der Waals surface area (Å²) in [4.78, 5) is 8.45. The molecule has 0 saturated carbocycles. The predicted molar refractivity (Wildman–Crippen MR) is 70.8 cm³/mol. The number of rotatable bonds is 4. The van der Waals surface area contributed by atoms with Crippen molar-refractivity contribution in [1.82, 2.24) is 9.97 Å². The summed E-state index contributed by atoms with van der Waals surface area (Å²) in [6.45, 7) is 2.23. The van der Waals surface area contributed by atoms with Crippen molar-refractivity contribution in [2.45, 2.75) is 17.3 Å². The quantitative estimate of drug-likeness (QED) is 0.680. The molecular formula is C13H14FN3S. The SMILES string of the molecule is Cc1ccnc(SC(CN)c2ccccc2F)n1. The molecule has 0 aliphatic rings. The Bertz CT molecular complexity index is 533. The number of nitrogens with zero attached hydrogens (tertiary/aromatic N) is 2. The number of hydrogen-bond donors (Lipinski definition) is 1. The van der Waals surface area contributed by atoms with Crippen LogP contribution in [-0.2, 0) is 0 Å². The average molecular weight is 263 g/mol. The van der Waals surface area contributed by atoms with E-state index in [1.807, 2.05) is 13.0 Å². The summed E-state index contributed by atoms with van der Waals surface area (Å²) in [5.74, 6) is -0.242. The average Bonchev–Trinajstić information content (AvgIpc) is 2.37. The molecule has 2 N–H and O–H groups in total. The molecule has 3 nitrogen and oxygen atoms in total. The van der Waals surface area contributed by atoms with Gasteiger partial charge in [0.15, 0.2) is 5.16 Å². The van der Waals surface area contributed by atoms with Gasteiger partial charge in [0.05, 0.1) is 5.25 Å². The molecule has 0 amide bonds. The molecule has 0 aliphatic carbocycles. The van der Waals surface area contributed by atoms with Gasteiger partial charge in [-0.1, -0.05) is 30.0 Å². The summed E-state index contributed by atoms with van der Waals surface area (Å²) in [5, 5.41) is 0.446. The van der Waals surface area contributed by atoms with Crippen LogP contribution >= 0.6 is 11.8 Å². The molecule has 0 bridgehead atoms. The van der Waals surface area contributed by atoms with Crippen molar-refractivity contribution in [3.05, 3.63) is 53.6 Å². The fourth-order valence-corrected chi connectivity index (χ4v) is 2.57. The summed E-state index contributed by atoms with van der Waals surface area (Å²) in [6.07, 6.45) is 1.69. The van der Waals surface area contributed by atoms with Gasteiger partial charge in [-0.2, -0.15) is 0 Å². The molecule has 0 spiro atoms. The summed E-state index contributed by atoms with van der Waals surface area (Å²) in [6, 6.07) is 8.48.